The predicted octanol–water partition coefficient (Wildman–Crippen LogP) is 3.52. The van der Waals surface area contributed by atoms with Gasteiger partial charge in [-0.05, 0) is 36.4 Å². The van der Waals surface area contributed by atoms with E-state index in [2.05, 4.69) is 33.0 Å². The second kappa shape index (κ2) is 12.9. The molecule has 1 fully saturated rings. The Morgan fingerprint density at radius 1 is 1.02 bits per heavy atom. The molecule has 6 rings (SSSR count). The first-order chi connectivity index (χ1) is 21.9. The minimum atomic E-state index is -0.830. The number of hydrogen-bond acceptors (Lipinski definition) is 8. The number of anilines is 1. The van der Waals surface area contributed by atoms with Gasteiger partial charge in [0.25, 0.3) is 0 Å². The third-order valence-electron chi connectivity index (χ3n) is 7.84. The van der Waals surface area contributed by atoms with Gasteiger partial charge in [-0.25, -0.2) is 9.50 Å². The number of pyridine rings is 2. The fourth-order valence-electron chi connectivity index (χ4n) is 5.44. The van der Waals surface area contributed by atoms with Crippen molar-refractivity contribution in [2.24, 2.45) is 7.05 Å². The number of aliphatic hydroxyl groups excluding tert-OH is 1. The molecular weight excluding hydrogens is 568 g/mol. The Hall–Kier alpha value is -5.65. The first-order valence-electron chi connectivity index (χ1n) is 14.6. The van der Waals surface area contributed by atoms with Gasteiger partial charge in [0.2, 0.25) is 5.91 Å². The Balaban J connectivity index is 1.08. The summed E-state index contributed by atoms with van der Waals surface area (Å²) in [5, 5.41) is 28.8. The van der Waals surface area contributed by atoms with E-state index in [1.165, 1.54) is 0 Å². The number of hydrogen-bond donors (Lipinski definition) is 1. The lowest BCUT2D eigenvalue weighted by atomic mass is 10.0. The Morgan fingerprint density at radius 3 is 2.58 bits per heavy atom. The molecule has 0 saturated carbocycles. The molecule has 1 aliphatic rings. The van der Waals surface area contributed by atoms with Crippen molar-refractivity contribution in [2.45, 2.75) is 18.9 Å². The summed E-state index contributed by atoms with van der Waals surface area (Å²) in [6, 6.07) is 15.7. The van der Waals surface area contributed by atoms with Crippen molar-refractivity contribution in [1.82, 2.24) is 29.3 Å². The number of nitriles is 1. The van der Waals surface area contributed by atoms with Crippen LogP contribution in [0.4, 0.5) is 5.82 Å². The van der Waals surface area contributed by atoms with Crippen LogP contribution in [0.1, 0.15) is 24.0 Å². The molecule has 1 saturated heterocycles. The molecule has 0 radical (unpaired) electrons. The zero-order chi connectivity index (χ0) is 31.3. The van der Waals surface area contributed by atoms with Crippen LogP contribution in [0, 0.1) is 23.2 Å². The summed E-state index contributed by atoms with van der Waals surface area (Å²) >= 11 is 0. The maximum atomic E-state index is 12.9. The second-order valence-electron chi connectivity index (χ2n) is 10.9. The van der Waals surface area contributed by atoms with Gasteiger partial charge in [-0.3, -0.25) is 9.48 Å². The highest BCUT2D eigenvalue weighted by Gasteiger charge is 2.24. The number of methoxy groups -OCH3 is 1. The van der Waals surface area contributed by atoms with Crippen molar-refractivity contribution in [3.63, 3.8) is 0 Å². The van der Waals surface area contributed by atoms with E-state index in [0.29, 0.717) is 31.7 Å². The van der Waals surface area contributed by atoms with Crippen LogP contribution in [0.25, 0.3) is 27.8 Å². The predicted molar refractivity (Wildman–Crippen MR) is 169 cm³/mol. The maximum Gasteiger partial charge on any atom is 0.225 e. The third kappa shape index (κ3) is 6.49. The monoisotopic (exact) mass is 600 g/mol. The maximum absolute atomic E-state index is 12.9. The normalized spacial score (nSPS) is 13.6. The summed E-state index contributed by atoms with van der Waals surface area (Å²) < 4.78 is 8.68. The number of carbonyl (C=O) groups is 1. The lowest BCUT2D eigenvalue weighted by Gasteiger charge is -2.35. The van der Waals surface area contributed by atoms with Gasteiger partial charge >= 0.3 is 0 Å². The van der Waals surface area contributed by atoms with Crippen LogP contribution in [0.5, 0.6) is 5.75 Å². The van der Waals surface area contributed by atoms with Crippen molar-refractivity contribution in [1.29, 1.82) is 5.26 Å². The number of nitrogens with zero attached hydrogens (tertiary/aromatic N) is 8. The van der Waals surface area contributed by atoms with Gasteiger partial charge in [0, 0.05) is 86.1 Å². The summed E-state index contributed by atoms with van der Waals surface area (Å²) in [5.74, 6) is 7.43. The number of carbonyl (C=O) groups excluding carboxylic acids is 1. The van der Waals surface area contributed by atoms with Crippen molar-refractivity contribution < 1.29 is 14.6 Å². The highest BCUT2D eigenvalue weighted by atomic mass is 16.5. The average molecular weight is 601 g/mol. The molecule has 1 amide bonds. The highest BCUT2D eigenvalue weighted by Crippen LogP contribution is 2.32. The fraction of sp³-hybridized carbons (Fsp3) is 0.265. The van der Waals surface area contributed by atoms with E-state index in [0.717, 1.165) is 44.9 Å². The molecule has 1 aliphatic heterocycles. The number of rotatable bonds is 7. The minimum absolute atomic E-state index is 0.0333. The Kier molecular flexibility index (Phi) is 8.45. The first-order valence-corrected chi connectivity index (χ1v) is 14.6. The van der Waals surface area contributed by atoms with Gasteiger partial charge in [-0.15, -0.1) is 0 Å². The van der Waals surface area contributed by atoms with E-state index in [4.69, 9.17) is 9.72 Å². The third-order valence-corrected chi connectivity index (χ3v) is 7.84. The van der Waals surface area contributed by atoms with Gasteiger partial charge in [0.1, 0.15) is 17.6 Å². The van der Waals surface area contributed by atoms with Crippen molar-refractivity contribution in [2.75, 3.05) is 38.2 Å². The number of aromatic nitrogens is 5. The largest absolute Gasteiger partial charge is 0.497 e. The molecule has 1 unspecified atom stereocenters. The van der Waals surface area contributed by atoms with Gasteiger partial charge in [-0.2, -0.15) is 15.5 Å². The highest BCUT2D eigenvalue weighted by molar-refractivity contribution is 5.87. The molecule has 11 nitrogen and oxygen atoms in total. The summed E-state index contributed by atoms with van der Waals surface area (Å²) in [6.07, 6.45) is 8.43. The molecule has 1 atom stereocenters. The van der Waals surface area contributed by atoms with Crippen LogP contribution in [0.2, 0.25) is 0 Å². The molecule has 1 aromatic carbocycles. The Bertz CT molecular complexity index is 1940. The van der Waals surface area contributed by atoms with Crippen LogP contribution in [0.15, 0.2) is 73.4 Å². The number of piperazine rings is 1. The van der Waals surface area contributed by atoms with Crippen LogP contribution >= 0.6 is 0 Å². The SMILES string of the molecule is COc1cccc(C#CCC(O)CC(=O)N2CCN(c3ccc(-c4cc(-c5cnn(C)c5)cn5ncc(C#N)c45)cn3)CC2)c1. The summed E-state index contributed by atoms with van der Waals surface area (Å²) in [7, 11) is 3.47. The van der Waals surface area contributed by atoms with Gasteiger partial charge in [0.15, 0.2) is 0 Å². The molecule has 0 spiro atoms. The number of benzene rings is 1. The average Bonchev–Trinajstić information content (AvgIpc) is 3.70. The van der Waals surface area contributed by atoms with Crippen molar-refractivity contribution >= 4 is 17.2 Å². The van der Waals surface area contributed by atoms with Gasteiger partial charge in [-0.1, -0.05) is 17.9 Å². The van der Waals surface area contributed by atoms with Crippen molar-refractivity contribution in [3.05, 3.63) is 84.6 Å². The molecular formula is C34H32N8O3. The Labute approximate surface area is 260 Å². The summed E-state index contributed by atoms with van der Waals surface area (Å²) in [6.45, 7) is 2.34. The van der Waals surface area contributed by atoms with E-state index in [-0.39, 0.29) is 18.7 Å². The summed E-state index contributed by atoms with van der Waals surface area (Å²) in [4.78, 5) is 21.5. The van der Waals surface area contributed by atoms with E-state index in [9.17, 15) is 15.2 Å². The smallest absolute Gasteiger partial charge is 0.225 e. The van der Waals surface area contributed by atoms with E-state index in [1.807, 2.05) is 68.1 Å². The molecule has 0 bridgehead atoms. The van der Waals surface area contributed by atoms with Crippen LogP contribution < -0.4 is 9.64 Å². The first kappa shape index (κ1) is 29.4. The van der Waals surface area contributed by atoms with E-state index < -0.39 is 6.10 Å². The minimum Gasteiger partial charge on any atom is -0.497 e. The number of aliphatic hydroxyl groups is 1. The van der Waals surface area contributed by atoms with Gasteiger partial charge < -0.3 is 19.6 Å². The van der Waals surface area contributed by atoms with Gasteiger partial charge in [0.05, 0.1) is 43.1 Å². The molecule has 0 aliphatic carbocycles. The molecule has 45 heavy (non-hydrogen) atoms. The fourth-order valence-corrected chi connectivity index (χ4v) is 5.44. The molecule has 5 aromatic rings. The molecule has 4 aromatic heterocycles. The van der Waals surface area contributed by atoms with E-state index in [1.54, 1.807) is 33.6 Å². The lowest BCUT2D eigenvalue weighted by molar-refractivity contribution is -0.133. The topological polar surface area (TPSA) is 125 Å². The van der Waals surface area contributed by atoms with Crippen LogP contribution in [-0.4, -0.2) is 79.7 Å². The van der Waals surface area contributed by atoms with Crippen LogP contribution in [0.3, 0.4) is 0 Å². The van der Waals surface area contributed by atoms with Crippen LogP contribution in [-0.2, 0) is 11.8 Å². The van der Waals surface area contributed by atoms with E-state index >= 15 is 0 Å². The zero-order valence-electron chi connectivity index (χ0n) is 25.1. The summed E-state index contributed by atoms with van der Waals surface area (Å²) in [5.41, 5.74) is 5.60. The number of aryl methyl sites for hydroxylation is 1. The second-order valence-corrected chi connectivity index (χ2v) is 10.9. The molecule has 5 heterocycles. The standard InChI is InChI=1S/C34H32N8O3/c1-39-22-28(21-37-39)26-16-31(34-27(18-35)20-38-42(34)23-26)25-9-10-32(36-19-25)40-11-13-41(14-12-40)33(44)17-29(43)7-3-5-24-6-4-8-30(15-24)45-2/h4,6,8-10,15-16,19-23,29,43H,7,11-14,17H2,1-2H3. The molecule has 1 N–H and O–H groups in total. The quantitative estimate of drug-likeness (QED) is 0.282. The number of ether oxygens (including phenoxy) is 1. The Morgan fingerprint density at radius 2 is 1.87 bits per heavy atom. The molecule has 11 heteroatoms. The zero-order valence-corrected chi connectivity index (χ0v) is 25.1. The number of amides is 1. The number of fused-ring (bicyclic) bond motifs is 1. The lowest BCUT2D eigenvalue weighted by Crippen LogP contribution is -2.49. The van der Waals surface area contributed by atoms with Crippen molar-refractivity contribution in [3.8, 4) is 45.9 Å². The molecule has 226 valence electrons.